The Labute approximate surface area is 129 Å². The van der Waals surface area contributed by atoms with Gasteiger partial charge in [0.05, 0.1) is 13.2 Å². The molecule has 0 saturated carbocycles. The molecule has 0 aliphatic heterocycles. The Kier molecular flexibility index (Phi) is 3.69. The average molecular weight is 350 g/mol. The summed E-state index contributed by atoms with van der Waals surface area (Å²) >= 11 is 3.48. The third-order valence-electron chi connectivity index (χ3n) is 3.34. The second-order valence-electron chi connectivity index (χ2n) is 4.70. The third-order valence-corrected chi connectivity index (χ3v) is 4.06. The van der Waals surface area contributed by atoms with Crippen LogP contribution < -0.4 is 10.5 Å². The lowest BCUT2D eigenvalue weighted by molar-refractivity contribution is 0.413. The van der Waals surface area contributed by atoms with Crippen molar-refractivity contribution in [2.45, 2.75) is 6.04 Å². The molecule has 1 unspecified atom stereocenters. The van der Waals surface area contributed by atoms with E-state index in [0.29, 0.717) is 22.5 Å². The van der Waals surface area contributed by atoms with Crippen LogP contribution in [-0.2, 0) is 0 Å². The molecule has 0 spiro atoms. The SMILES string of the molecule is COc1ccc(Br)c(C(N)c2cc3cc(F)ccc3o2)c1. The molecule has 3 aromatic rings. The molecule has 3 rings (SSSR count). The van der Waals surface area contributed by atoms with E-state index in [2.05, 4.69) is 15.9 Å². The molecule has 3 nitrogen and oxygen atoms in total. The summed E-state index contributed by atoms with van der Waals surface area (Å²) in [6, 6.07) is 11.2. The van der Waals surface area contributed by atoms with Crippen molar-refractivity contribution in [2.75, 3.05) is 7.11 Å². The van der Waals surface area contributed by atoms with E-state index in [1.54, 1.807) is 19.2 Å². The minimum Gasteiger partial charge on any atom is -0.497 e. The molecular formula is C16H13BrFNO2. The van der Waals surface area contributed by atoms with Gasteiger partial charge in [-0.1, -0.05) is 15.9 Å². The fourth-order valence-electron chi connectivity index (χ4n) is 2.23. The fraction of sp³-hybridized carbons (Fsp3) is 0.125. The molecule has 0 amide bonds. The number of rotatable bonds is 3. The molecule has 0 aliphatic carbocycles. The number of methoxy groups -OCH3 is 1. The maximum absolute atomic E-state index is 13.2. The van der Waals surface area contributed by atoms with E-state index in [-0.39, 0.29) is 5.82 Å². The predicted octanol–water partition coefficient (Wildman–Crippen LogP) is 4.39. The summed E-state index contributed by atoms with van der Waals surface area (Å²) in [7, 11) is 1.60. The van der Waals surface area contributed by atoms with Gasteiger partial charge in [0.2, 0.25) is 0 Å². The Morgan fingerprint density at radius 1 is 1.19 bits per heavy atom. The lowest BCUT2D eigenvalue weighted by Gasteiger charge is -2.12. The third kappa shape index (κ3) is 2.66. The number of halogens is 2. The van der Waals surface area contributed by atoms with Crippen molar-refractivity contribution in [3.8, 4) is 5.75 Å². The van der Waals surface area contributed by atoms with Crippen LogP contribution in [0.1, 0.15) is 17.4 Å². The molecule has 108 valence electrons. The summed E-state index contributed by atoms with van der Waals surface area (Å²) in [6.45, 7) is 0. The first kappa shape index (κ1) is 14.1. The summed E-state index contributed by atoms with van der Waals surface area (Å²) < 4.78 is 25.0. The van der Waals surface area contributed by atoms with Gasteiger partial charge in [0.15, 0.2) is 0 Å². The zero-order chi connectivity index (χ0) is 15.0. The standard InChI is InChI=1S/C16H13BrFNO2/c1-20-11-3-4-13(17)12(8-11)16(19)15-7-9-6-10(18)2-5-14(9)21-15/h2-8,16H,19H2,1H3. The Morgan fingerprint density at radius 2 is 2.00 bits per heavy atom. The van der Waals surface area contributed by atoms with Crippen LogP contribution in [0.25, 0.3) is 11.0 Å². The number of hydrogen-bond acceptors (Lipinski definition) is 3. The summed E-state index contributed by atoms with van der Waals surface area (Å²) in [5, 5.41) is 0.694. The Hall–Kier alpha value is -1.85. The first-order valence-electron chi connectivity index (χ1n) is 6.36. The van der Waals surface area contributed by atoms with Crippen LogP contribution in [0.5, 0.6) is 5.75 Å². The second kappa shape index (κ2) is 5.50. The van der Waals surface area contributed by atoms with E-state index in [9.17, 15) is 4.39 Å². The summed E-state index contributed by atoms with van der Waals surface area (Å²) in [5.41, 5.74) is 7.72. The molecule has 2 N–H and O–H groups in total. The number of benzene rings is 2. The van der Waals surface area contributed by atoms with Gasteiger partial charge in [-0.05, 0) is 48.0 Å². The fourth-order valence-corrected chi connectivity index (χ4v) is 2.72. The topological polar surface area (TPSA) is 48.4 Å². The molecule has 1 heterocycles. The van der Waals surface area contributed by atoms with Gasteiger partial charge in [-0.25, -0.2) is 4.39 Å². The molecule has 0 aliphatic rings. The van der Waals surface area contributed by atoms with Crippen LogP contribution in [0.2, 0.25) is 0 Å². The molecule has 0 fully saturated rings. The van der Waals surface area contributed by atoms with Crippen molar-refractivity contribution < 1.29 is 13.5 Å². The van der Waals surface area contributed by atoms with Crippen molar-refractivity contribution in [3.63, 3.8) is 0 Å². The van der Waals surface area contributed by atoms with Gasteiger partial charge in [-0.2, -0.15) is 0 Å². The maximum Gasteiger partial charge on any atom is 0.134 e. The lowest BCUT2D eigenvalue weighted by atomic mass is 10.0. The van der Waals surface area contributed by atoms with E-state index in [1.807, 2.05) is 18.2 Å². The Morgan fingerprint density at radius 3 is 2.76 bits per heavy atom. The highest BCUT2D eigenvalue weighted by Crippen LogP contribution is 2.33. The van der Waals surface area contributed by atoms with Crippen molar-refractivity contribution in [2.24, 2.45) is 5.73 Å². The van der Waals surface area contributed by atoms with Crippen LogP contribution in [0.15, 0.2) is 51.4 Å². The van der Waals surface area contributed by atoms with Crippen molar-refractivity contribution >= 4 is 26.9 Å². The van der Waals surface area contributed by atoms with E-state index >= 15 is 0 Å². The highest BCUT2D eigenvalue weighted by Gasteiger charge is 2.18. The molecular weight excluding hydrogens is 337 g/mol. The normalized spacial score (nSPS) is 12.6. The number of ether oxygens (including phenoxy) is 1. The first-order valence-corrected chi connectivity index (χ1v) is 7.16. The molecule has 5 heteroatoms. The van der Waals surface area contributed by atoms with Gasteiger partial charge in [-0.3, -0.25) is 0 Å². The molecule has 21 heavy (non-hydrogen) atoms. The van der Waals surface area contributed by atoms with Gasteiger partial charge in [0.25, 0.3) is 0 Å². The number of fused-ring (bicyclic) bond motifs is 1. The quantitative estimate of drug-likeness (QED) is 0.762. The van der Waals surface area contributed by atoms with Crippen molar-refractivity contribution in [1.29, 1.82) is 0 Å². The van der Waals surface area contributed by atoms with Crippen LogP contribution in [-0.4, -0.2) is 7.11 Å². The van der Waals surface area contributed by atoms with Crippen LogP contribution in [0, 0.1) is 5.82 Å². The van der Waals surface area contributed by atoms with Crippen molar-refractivity contribution in [1.82, 2.24) is 0 Å². The molecule has 1 aromatic heterocycles. The molecule has 0 saturated heterocycles. The first-order chi connectivity index (χ1) is 10.1. The molecule has 0 radical (unpaired) electrons. The van der Waals surface area contributed by atoms with E-state index < -0.39 is 6.04 Å². The predicted molar refractivity (Wildman–Crippen MR) is 82.9 cm³/mol. The van der Waals surface area contributed by atoms with Gasteiger partial charge in [-0.15, -0.1) is 0 Å². The highest BCUT2D eigenvalue weighted by molar-refractivity contribution is 9.10. The van der Waals surface area contributed by atoms with E-state index in [1.165, 1.54) is 12.1 Å². The second-order valence-corrected chi connectivity index (χ2v) is 5.55. The molecule has 0 bridgehead atoms. The van der Waals surface area contributed by atoms with Gasteiger partial charge in [0, 0.05) is 9.86 Å². The zero-order valence-corrected chi connectivity index (χ0v) is 12.9. The minimum absolute atomic E-state index is 0.300. The largest absolute Gasteiger partial charge is 0.497 e. The van der Waals surface area contributed by atoms with Gasteiger partial charge < -0.3 is 14.9 Å². The van der Waals surface area contributed by atoms with Crippen LogP contribution in [0.4, 0.5) is 4.39 Å². The number of nitrogens with two attached hydrogens (primary N) is 1. The minimum atomic E-state index is -0.468. The lowest BCUT2D eigenvalue weighted by Crippen LogP contribution is -2.11. The van der Waals surface area contributed by atoms with Gasteiger partial charge in [0.1, 0.15) is 22.9 Å². The van der Waals surface area contributed by atoms with E-state index in [0.717, 1.165) is 10.0 Å². The average Bonchev–Trinajstić information content (AvgIpc) is 2.90. The van der Waals surface area contributed by atoms with E-state index in [4.69, 9.17) is 14.9 Å². The summed E-state index contributed by atoms with van der Waals surface area (Å²) in [6.07, 6.45) is 0. The summed E-state index contributed by atoms with van der Waals surface area (Å²) in [4.78, 5) is 0. The molecule has 2 aromatic carbocycles. The number of hydrogen-bond donors (Lipinski definition) is 1. The Bertz CT molecular complexity index is 800. The number of furan rings is 1. The highest BCUT2D eigenvalue weighted by atomic mass is 79.9. The van der Waals surface area contributed by atoms with Crippen LogP contribution >= 0.6 is 15.9 Å². The maximum atomic E-state index is 13.2. The Balaban J connectivity index is 2.05. The smallest absolute Gasteiger partial charge is 0.134 e. The molecule has 1 atom stereocenters. The zero-order valence-electron chi connectivity index (χ0n) is 11.3. The summed E-state index contributed by atoms with van der Waals surface area (Å²) in [5.74, 6) is 0.987. The van der Waals surface area contributed by atoms with Crippen LogP contribution in [0.3, 0.4) is 0 Å². The van der Waals surface area contributed by atoms with Crippen molar-refractivity contribution in [3.05, 3.63) is 64.1 Å². The van der Waals surface area contributed by atoms with Gasteiger partial charge >= 0.3 is 0 Å². The monoisotopic (exact) mass is 349 g/mol.